The van der Waals surface area contributed by atoms with Crippen LogP contribution in [-0.4, -0.2) is 19.0 Å². The molecule has 0 fully saturated rings. The summed E-state index contributed by atoms with van der Waals surface area (Å²) in [6.45, 7) is 1.84. The number of aromatic nitrogens is 1. The summed E-state index contributed by atoms with van der Waals surface area (Å²) in [5.74, 6) is -1.14. The van der Waals surface area contributed by atoms with Crippen LogP contribution >= 0.6 is 15.9 Å². The minimum atomic E-state index is -0.767. The molecule has 0 aliphatic heterocycles. The van der Waals surface area contributed by atoms with Gasteiger partial charge in [-0.3, -0.25) is 4.79 Å². The van der Waals surface area contributed by atoms with Gasteiger partial charge in [-0.1, -0.05) is 6.92 Å². The second-order valence-corrected chi connectivity index (χ2v) is 4.13. The summed E-state index contributed by atoms with van der Waals surface area (Å²) >= 11 is 2.97. The van der Waals surface area contributed by atoms with Crippen molar-refractivity contribution in [3.63, 3.8) is 0 Å². The Bertz CT molecular complexity index is 475. The van der Waals surface area contributed by atoms with E-state index >= 15 is 0 Å². The molecular formula is C11H12BrNO5. The smallest absolute Gasteiger partial charge is 0.404 e. The molecular weight excluding hydrogens is 306 g/mol. The number of carbonyl (C=O) groups excluding carboxylic acids is 2. The maximum atomic E-state index is 11.7. The third-order valence-electron chi connectivity index (χ3n) is 2.07. The van der Waals surface area contributed by atoms with Gasteiger partial charge >= 0.3 is 22.2 Å². The molecule has 0 aliphatic carbocycles. The molecule has 0 saturated carbocycles. The average molecular weight is 318 g/mol. The fourth-order valence-electron chi connectivity index (χ4n) is 1.21. The van der Waals surface area contributed by atoms with Gasteiger partial charge in [0.1, 0.15) is 0 Å². The lowest BCUT2D eigenvalue weighted by Crippen LogP contribution is -2.37. The van der Waals surface area contributed by atoms with Gasteiger partial charge in [0.15, 0.2) is 0 Å². The van der Waals surface area contributed by atoms with Gasteiger partial charge in [0.25, 0.3) is 0 Å². The number of halogens is 1. The van der Waals surface area contributed by atoms with Gasteiger partial charge in [-0.05, 0) is 12.5 Å². The van der Waals surface area contributed by atoms with Crippen LogP contribution in [0.3, 0.4) is 0 Å². The van der Waals surface area contributed by atoms with Gasteiger partial charge in [0.05, 0.1) is 7.11 Å². The van der Waals surface area contributed by atoms with Crippen molar-refractivity contribution in [2.24, 2.45) is 0 Å². The molecule has 0 amide bonds. The zero-order valence-electron chi connectivity index (χ0n) is 9.94. The number of ether oxygens (including phenoxy) is 2. The minimum absolute atomic E-state index is 0.0464. The predicted molar refractivity (Wildman–Crippen MR) is 65.0 cm³/mol. The van der Waals surface area contributed by atoms with Crippen LogP contribution in [0, 0.1) is 5.21 Å². The lowest BCUT2D eigenvalue weighted by Gasteiger charge is -2.08. The van der Waals surface area contributed by atoms with Gasteiger partial charge in [-0.15, -0.1) is 4.73 Å². The van der Waals surface area contributed by atoms with Gasteiger partial charge in [0, 0.05) is 28.4 Å². The van der Waals surface area contributed by atoms with E-state index in [0.29, 0.717) is 11.2 Å². The molecule has 98 valence electrons. The Kier molecular flexibility index (Phi) is 5.08. The van der Waals surface area contributed by atoms with Crippen LogP contribution in [-0.2, 0) is 9.53 Å². The van der Waals surface area contributed by atoms with Crippen LogP contribution < -0.4 is 9.47 Å². The van der Waals surface area contributed by atoms with Crippen molar-refractivity contribution in [1.82, 2.24) is 0 Å². The third kappa shape index (κ3) is 3.19. The van der Waals surface area contributed by atoms with Crippen LogP contribution in [0.1, 0.15) is 30.3 Å². The molecule has 0 radical (unpaired) electrons. The maximum Gasteiger partial charge on any atom is 0.404 e. The molecule has 1 rings (SSSR count). The number of esters is 2. The summed E-state index contributed by atoms with van der Waals surface area (Å²) < 4.78 is 9.68. The number of nitrogens with zero attached hydrogens (tertiary/aromatic N) is 1. The number of hydrogen-bond acceptors (Lipinski definition) is 5. The SMILES string of the molecule is CCCC(=O)Oc1ccc(C(=O)OC)[n+]([O-])c1Br. The highest BCUT2D eigenvalue weighted by atomic mass is 79.9. The first-order valence-corrected chi connectivity index (χ1v) is 6.01. The van der Waals surface area contributed by atoms with Gasteiger partial charge < -0.3 is 14.7 Å². The van der Waals surface area contributed by atoms with Crippen LogP contribution in [0.25, 0.3) is 0 Å². The first-order chi connectivity index (χ1) is 8.51. The molecule has 7 heteroatoms. The summed E-state index contributed by atoms with van der Waals surface area (Å²) in [7, 11) is 1.17. The molecule has 0 unspecified atom stereocenters. The molecule has 0 bridgehead atoms. The third-order valence-corrected chi connectivity index (χ3v) is 2.78. The number of rotatable bonds is 4. The highest BCUT2D eigenvalue weighted by Gasteiger charge is 2.23. The van der Waals surface area contributed by atoms with Gasteiger partial charge in [-0.2, -0.15) is 0 Å². The Morgan fingerprint density at radius 3 is 2.67 bits per heavy atom. The van der Waals surface area contributed by atoms with E-state index in [0.717, 1.165) is 0 Å². The van der Waals surface area contributed by atoms with Crippen LogP contribution in [0.2, 0.25) is 0 Å². The van der Waals surface area contributed by atoms with E-state index in [1.807, 2.05) is 6.92 Å². The van der Waals surface area contributed by atoms with Crippen molar-refractivity contribution in [2.45, 2.75) is 19.8 Å². The zero-order chi connectivity index (χ0) is 13.7. The quantitative estimate of drug-likeness (QED) is 0.364. The molecule has 1 aromatic rings. The molecule has 0 aliphatic rings. The van der Waals surface area contributed by atoms with E-state index in [2.05, 4.69) is 20.7 Å². The molecule has 0 N–H and O–H groups in total. The minimum Gasteiger partial charge on any atom is -0.617 e. The van der Waals surface area contributed by atoms with Crippen LogP contribution in [0.15, 0.2) is 16.7 Å². The average Bonchev–Trinajstić information content (AvgIpc) is 2.34. The molecule has 1 aromatic heterocycles. The standard InChI is InChI=1S/C11H12BrNO5/c1-3-4-9(14)18-8-6-5-7(11(15)17-2)13(16)10(8)12/h5-6H,3-4H2,1-2H3. The Hall–Kier alpha value is -1.63. The molecule has 1 heterocycles. The number of hydrogen-bond donors (Lipinski definition) is 0. The van der Waals surface area contributed by atoms with Crippen molar-refractivity contribution in [2.75, 3.05) is 7.11 Å². The number of methoxy groups -OCH3 is 1. The highest BCUT2D eigenvalue weighted by Crippen LogP contribution is 2.22. The number of carbonyl (C=O) groups is 2. The lowest BCUT2D eigenvalue weighted by atomic mass is 10.3. The summed E-state index contributed by atoms with van der Waals surface area (Å²) in [5.41, 5.74) is -0.195. The summed E-state index contributed by atoms with van der Waals surface area (Å²) in [4.78, 5) is 22.6. The Morgan fingerprint density at radius 2 is 2.11 bits per heavy atom. The fraction of sp³-hybridized carbons (Fsp3) is 0.364. The normalized spacial score (nSPS) is 9.94. The van der Waals surface area contributed by atoms with Crippen molar-refractivity contribution in [3.8, 4) is 5.75 Å². The van der Waals surface area contributed by atoms with Gasteiger partial charge in [0.2, 0.25) is 5.75 Å². The second kappa shape index (κ2) is 6.34. The van der Waals surface area contributed by atoms with Crippen molar-refractivity contribution < 1.29 is 23.8 Å². The largest absolute Gasteiger partial charge is 0.617 e. The van der Waals surface area contributed by atoms with E-state index < -0.39 is 11.9 Å². The Labute approximate surface area is 112 Å². The first-order valence-electron chi connectivity index (χ1n) is 5.22. The monoisotopic (exact) mass is 317 g/mol. The Morgan fingerprint density at radius 1 is 1.44 bits per heavy atom. The zero-order valence-corrected chi connectivity index (χ0v) is 11.5. The number of pyridine rings is 1. The fourth-order valence-corrected chi connectivity index (χ4v) is 1.61. The summed E-state index contributed by atoms with van der Waals surface area (Å²) in [6, 6.07) is 2.59. The van der Waals surface area contributed by atoms with E-state index in [9.17, 15) is 14.8 Å². The van der Waals surface area contributed by atoms with Gasteiger partial charge in [-0.25, -0.2) is 4.79 Å². The van der Waals surface area contributed by atoms with Crippen molar-refractivity contribution in [3.05, 3.63) is 27.6 Å². The van der Waals surface area contributed by atoms with Crippen molar-refractivity contribution in [1.29, 1.82) is 0 Å². The lowest BCUT2D eigenvalue weighted by molar-refractivity contribution is -0.620. The molecule has 18 heavy (non-hydrogen) atoms. The summed E-state index contributed by atoms with van der Waals surface area (Å²) in [5, 5.41) is 11.7. The molecule has 0 spiro atoms. The molecule has 6 nitrogen and oxygen atoms in total. The topological polar surface area (TPSA) is 79.5 Å². The molecule has 0 saturated heterocycles. The summed E-state index contributed by atoms with van der Waals surface area (Å²) in [6.07, 6.45) is 0.901. The van der Waals surface area contributed by atoms with E-state index in [1.54, 1.807) is 0 Å². The first kappa shape index (κ1) is 14.4. The van der Waals surface area contributed by atoms with E-state index in [1.165, 1.54) is 19.2 Å². The highest BCUT2D eigenvalue weighted by molar-refractivity contribution is 9.10. The molecule has 0 aromatic carbocycles. The van der Waals surface area contributed by atoms with Crippen LogP contribution in [0.4, 0.5) is 0 Å². The maximum absolute atomic E-state index is 11.7. The van der Waals surface area contributed by atoms with Crippen molar-refractivity contribution >= 4 is 27.9 Å². The second-order valence-electron chi connectivity index (χ2n) is 3.38. The molecule has 0 atom stereocenters. The van der Waals surface area contributed by atoms with E-state index in [4.69, 9.17) is 4.74 Å². The predicted octanol–water partition coefficient (Wildman–Crippen LogP) is 1.57. The van der Waals surface area contributed by atoms with E-state index in [-0.39, 0.29) is 22.5 Å². The Balaban J connectivity index is 3.01. The van der Waals surface area contributed by atoms with Crippen LogP contribution in [0.5, 0.6) is 5.75 Å².